The fourth-order valence-electron chi connectivity index (χ4n) is 2.62. The van der Waals surface area contributed by atoms with Gasteiger partial charge in [0, 0.05) is 16.8 Å². The number of hydrogen-bond acceptors (Lipinski definition) is 4. The lowest BCUT2D eigenvalue weighted by atomic mass is 10.0. The number of aromatic hydroxyl groups is 1. The van der Waals surface area contributed by atoms with E-state index in [-0.39, 0.29) is 33.1 Å². The van der Waals surface area contributed by atoms with Crippen LogP contribution in [0.1, 0.15) is 27.0 Å². The van der Waals surface area contributed by atoms with Gasteiger partial charge in [0.1, 0.15) is 17.4 Å². The van der Waals surface area contributed by atoms with E-state index in [1.807, 2.05) is 0 Å². The first-order valence-electron chi connectivity index (χ1n) is 7.78. The lowest BCUT2D eigenvalue weighted by Gasteiger charge is -2.12. The molecule has 0 amide bonds. The molecule has 0 fully saturated rings. The molecule has 0 aliphatic carbocycles. The molecule has 27 heavy (non-hydrogen) atoms. The Morgan fingerprint density at radius 1 is 1.15 bits per heavy atom. The first kappa shape index (κ1) is 18.7. The number of phenolic OH excluding ortho intramolecular Hbond substituents is 1. The van der Waals surface area contributed by atoms with Gasteiger partial charge in [-0.1, -0.05) is 34.8 Å². The Labute approximate surface area is 164 Å². The van der Waals surface area contributed by atoms with Crippen molar-refractivity contribution < 1.29 is 9.90 Å². The van der Waals surface area contributed by atoms with Gasteiger partial charge in [0.15, 0.2) is 5.78 Å². The Kier molecular flexibility index (Phi) is 5.04. The zero-order valence-electron chi connectivity index (χ0n) is 14.0. The number of rotatable bonds is 3. The van der Waals surface area contributed by atoms with Crippen LogP contribution in [0.5, 0.6) is 5.75 Å². The van der Waals surface area contributed by atoms with Gasteiger partial charge < -0.3 is 5.11 Å². The molecular formula is C20H12Cl2N2O3. The maximum atomic E-state index is 12.9. The number of aromatic nitrogens is 1. The molecule has 7 heteroatoms. The third kappa shape index (κ3) is 3.59. The van der Waals surface area contributed by atoms with E-state index in [0.717, 1.165) is 10.1 Å². The number of hydrogen-bond donors (Lipinski definition) is 1. The van der Waals surface area contributed by atoms with E-state index >= 15 is 0 Å². The molecule has 1 heterocycles. The van der Waals surface area contributed by atoms with Gasteiger partial charge in [-0.15, -0.1) is 0 Å². The molecule has 0 aliphatic heterocycles. The smallest absolute Gasteiger partial charge is 0.273 e. The van der Waals surface area contributed by atoms with Gasteiger partial charge in [-0.05, 0) is 43.3 Å². The molecule has 0 saturated carbocycles. The molecule has 0 saturated heterocycles. The monoisotopic (exact) mass is 398 g/mol. The molecule has 2 aromatic carbocycles. The molecule has 0 unspecified atom stereocenters. The van der Waals surface area contributed by atoms with Crippen molar-refractivity contribution in [1.82, 2.24) is 4.57 Å². The average molecular weight is 399 g/mol. The minimum absolute atomic E-state index is 0.0584. The van der Waals surface area contributed by atoms with Crippen LogP contribution in [-0.4, -0.2) is 15.5 Å². The van der Waals surface area contributed by atoms with Crippen LogP contribution in [0.2, 0.25) is 10.0 Å². The van der Waals surface area contributed by atoms with E-state index in [2.05, 4.69) is 0 Å². The highest BCUT2D eigenvalue weighted by atomic mass is 35.5. The Hall–Kier alpha value is -3.07. The summed E-state index contributed by atoms with van der Waals surface area (Å²) >= 11 is 12.2. The average Bonchev–Trinajstić information content (AvgIpc) is 2.65. The number of nitrogens with zero attached hydrogens (tertiary/aromatic N) is 2. The highest BCUT2D eigenvalue weighted by Crippen LogP contribution is 2.25. The van der Waals surface area contributed by atoms with Crippen LogP contribution in [0.3, 0.4) is 0 Å². The summed E-state index contributed by atoms with van der Waals surface area (Å²) in [5.74, 6) is -0.720. The molecule has 0 spiro atoms. The summed E-state index contributed by atoms with van der Waals surface area (Å²) in [5.41, 5.74) is 0.289. The summed E-state index contributed by atoms with van der Waals surface area (Å²) in [5, 5.41) is 19.9. The zero-order valence-corrected chi connectivity index (χ0v) is 15.5. The van der Waals surface area contributed by atoms with E-state index < -0.39 is 11.3 Å². The van der Waals surface area contributed by atoms with E-state index in [4.69, 9.17) is 23.2 Å². The Morgan fingerprint density at radius 2 is 1.89 bits per heavy atom. The standard InChI is InChI=1S/C20H12Cl2N2O3/c1-11-2-5-18(25)15(6-11)19(26)13-7-12(9-23)20(27)24(10-13)17-8-14(21)3-4-16(17)22/h2-8,10,25H,1H3. The topological polar surface area (TPSA) is 83.1 Å². The van der Waals surface area contributed by atoms with Crippen LogP contribution in [0.15, 0.2) is 53.5 Å². The molecule has 1 N–H and O–H groups in total. The quantitative estimate of drug-likeness (QED) is 0.667. The Morgan fingerprint density at radius 3 is 2.59 bits per heavy atom. The van der Waals surface area contributed by atoms with Gasteiger partial charge in [-0.3, -0.25) is 14.2 Å². The zero-order chi connectivity index (χ0) is 19.7. The van der Waals surface area contributed by atoms with Gasteiger partial charge in [-0.2, -0.15) is 5.26 Å². The van der Waals surface area contributed by atoms with Crippen LogP contribution in [0, 0.1) is 18.3 Å². The maximum absolute atomic E-state index is 12.9. The molecule has 5 nitrogen and oxygen atoms in total. The van der Waals surface area contributed by atoms with Crippen LogP contribution in [0.4, 0.5) is 0 Å². The third-order valence-electron chi connectivity index (χ3n) is 3.96. The van der Waals surface area contributed by atoms with Crippen LogP contribution < -0.4 is 5.56 Å². The predicted molar refractivity (Wildman–Crippen MR) is 103 cm³/mol. The van der Waals surface area contributed by atoms with Crippen LogP contribution in [-0.2, 0) is 0 Å². The van der Waals surface area contributed by atoms with E-state index in [1.165, 1.54) is 36.5 Å². The second kappa shape index (κ2) is 7.28. The van der Waals surface area contributed by atoms with E-state index in [1.54, 1.807) is 25.1 Å². The number of carbonyl (C=O) groups is 1. The van der Waals surface area contributed by atoms with Crippen molar-refractivity contribution in [1.29, 1.82) is 5.26 Å². The first-order chi connectivity index (χ1) is 12.8. The Balaban J connectivity index is 2.26. The number of pyridine rings is 1. The molecule has 0 radical (unpaired) electrons. The first-order valence-corrected chi connectivity index (χ1v) is 8.54. The van der Waals surface area contributed by atoms with Gasteiger partial charge in [0.2, 0.25) is 0 Å². The minimum atomic E-state index is -0.633. The minimum Gasteiger partial charge on any atom is -0.507 e. The second-order valence-corrected chi connectivity index (χ2v) is 6.72. The summed E-state index contributed by atoms with van der Waals surface area (Å²) in [6, 6.07) is 12.1. The number of halogens is 2. The molecule has 0 bridgehead atoms. The van der Waals surface area contributed by atoms with Crippen molar-refractivity contribution in [3.63, 3.8) is 0 Å². The van der Waals surface area contributed by atoms with Crippen molar-refractivity contribution in [3.8, 4) is 17.5 Å². The summed E-state index contributed by atoms with van der Waals surface area (Å²) < 4.78 is 1.10. The summed E-state index contributed by atoms with van der Waals surface area (Å²) in [6.07, 6.45) is 1.28. The van der Waals surface area contributed by atoms with E-state index in [9.17, 15) is 20.0 Å². The molecule has 0 aliphatic rings. The molecule has 0 atom stereocenters. The number of ketones is 1. The highest BCUT2D eigenvalue weighted by Gasteiger charge is 2.19. The van der Waals surface area contributed by atoms with Gasteiger partial charge in [0.05, 0.1) is 16.3 Å². The van der Waals surface area contributed by atoms with Crippen molar-refractivity contribution >= 4 is 29.0 Å². The van der Waals surface area contributed by atoms with Crippen molar-refractivity contribution in [2.75, 3.05) is 0 Å². The molecule has 3 aromatic rings. The fraction of sp³-hybridized carbons (Fsp3) is 0.0500. The van der Waals surface area contributed by atoms with Crippen molar-refractivity contribution in [2.24, 2.45) is 0 Å². The summed E-state index contributed by atoms with van der Waals surface area (Å²) in [4.78, 5) is 25.5. The number of carbonyl (C=O) groups excluding carboxylic acids is 1. The number of phenols is 1. The Bertz CT molecular complexity index is 1180. The van der Waals surface area contributed by atoms with E-state index in [0.29, 0.717) is 5.02 Å². The lowest BCUT2D eigenvalue weighted by molar-refractivity contribution is 0.103. The fourth-order valence-corrected chi connectivity index (χ4v) is 3.00. The summed E-state index contributed by atoms with van der Waals surface area (Å²) in [6.45, 7) is 1.78. The third-order valence-corrected chi connectivity index (χ3v) is 4.52. The number of aryl methyl sites for hydroxylation is 1. The van der Waals surface area contributed by atoms with Crippen LogP contribution >= 0.6 is 23.2 Å². The number of nitriles is 1. The van der Waals surface area contributed by atoms with Gasteiger partial charge in [0.25, 0.3) is 5.56 Å². The highest BCUT2D eigenvalue weighted by molar-refractivity contribution is 6.34. The van der Waals surface area contributed by atoms with Crippen molar-refractivity contribution in [3.05, 3.63) is 91.3 Å². The van der Waals surface area contributed by atoms with Gasteiger partial charge in [-0.25, -0.2) is 0 Å². The van der Waals surface area contributed by atoms with Crippen LogP contribution in [0.25, 0.3) is 5.69 Å². The lowest BCUT2D eigenvalue weighted by Crippen LogP contribution is -2.23. The molecule has 3 rings (SSSR count). The second-order valence-electron chi connectivity index (χ2n) is 5.87. The molecule has 1 aromatic heterocycles. The van der Waals surface area contributed by atoms with Crippen molar-refractivity contribution in [2.45, 2.75) is 6.92 Å². The normalized spacial score (nSPS) is 10.4. The predicted octanol–water partition coefficient (Wildman–Crippen LogP) is 4.26. The molecule has 134 valence electrons. The maximum Gasteiger partial charge on any atom is 0.273 e. The number of benzene rings is 2. The van der Waals surface area contributed by atoms with Gasteiger partial charge >= 0.3 is 0 Å². The SMILES string of the molecule is Cc1ccc(O)c(C(=O)c2cc(C#N)c(=O)n(-c3cc(Cl)ccc3Cl)c2)c1. The molecular weight excluding hydrogens is 387 g/mol. The summed E-state index contributed by atoms with van der Waals surface area (Å²) in [7, 11) is 0. The largest absolute Gasteiger partial charge is 0.507 e.